The van der Waals surface area contributed by atoms with E-state index in [-0.39, 0.29) is 17.1 Å². The highest BCUT2D eigenvalue weighted by atomic mass is 35.5. The predicted molar refractivity (Wildman–Crippen MR) is 115 cm³/mol. The SMILES string of the molecule is CCCC(=O)Nc1cccc(SC(CC)C(=O)Nc2ccc(Cl)c(Cl)c2)c1. The molecule has 0 aliphatic rings. The zero-order chi connectivity index (χ0) is 19.8. The number of carbonyl (C=O) groups is 2. The number of halogens is 2. The first kappa shape index (κ1) is 21.6. The van der Waals surface area contributed by atoms with Crippen LogP contribution in [-0.2, 0) is 9.59 Å². The van der Waals surface area contributed by atoms with Crippen LogP contribution in [0.5, 0.6) is 0 Å². The van der Waals surface area contributed by atoms with Crippen molar-refractivity contribution in [2.24, 2.45) is 0 Å². The van der Waals surface area contributed by atoms with Gasteiger partial charge in [-0.15, -0.1) is 11.8 Å². The highest BCUT2D eigenvalue weighted by Gasteiger charge is 2.18. The molecule has 0 aliphatic carbocycles. The minimum atomic E-state index is -0.277. The highest BCUT2D eigenvalue weighted by molar-refractivity contribution is 8.00. The summed E-state index contributed by atoms with van der Waals surface area (Å²) in [6.07, 6.45) is 1.94. The summed E-state index contributed by atoms with van der Waals surface area (Å²) in [5.41, 5.74) is 1.34. The lowest BCUT2D eigenvalue weighted by Gasteiger charge is -2.16. The number of thioether (sulfide) groups is 1. The molecular weight excluding hydrogens is 403 g/mol. The fourth-order valence-corrected chi connectivity index (χ4v) is 3.69. The quantitative estimate of drug-likeness (QED) is 0.492. The molecule has 7 heteroatoms. The van der Waals surface area contributed by atoms with Crippen LogP contribution in [0.4, 0.5) is 11.4 Å². The molecule has 0 fully saturated rings. The van der Waals surface area contributed by atoms with Crippen LogP contribution in [0.2, 0.25) is 10.0 Å². The lowest BCUT2D eigenvalue weighted by Crippen LogP contribution is -2.24. The first-order chi connectivity index (χ1) is 12.9. The Morgan fingerprint density at radius 2 is 1.74 bits per heavy atom. The third-order valence-corrected chi connectivity index (χ3v) is 5.82. The molecule has 144 valence electrons. The van der Waals surface area contributed by atoms with E-state index in [1.54, 1.807) is 18.2 Å². The predicted octanol–water partition coefficient (Wildman–Crippen LogP) is 6.24. The van der Waals surface area contributed by atoms with Crippen molar-refractivity contribution in [2.45, 2.75) is 43.3 Å². The molecule has 1 unspecified atom stereocenters. The Morgan fingerprint density at radius 3 is 2.41 bits per heavy atom. The minimum absolute atomic E-state index is 0.0101. The van der Waals surface area contributed by atoms with Gasteiger partial charge in [0.2, 0.25) is 11.8 Å². The van der Waals surface area contributed by atoms with Gasteiger partial charge in [0, 0.05) is 22.7 Å². The second kappa shape index (κ2) is 10.6. The number of nitrogens with one attached hydrogen (secondary N) is 2. The van der Waals surface area contributed by atoms with Gasteiger partial charge in [-0.25, -0.2) is 0 Å². The fourth-order valence-electron chi connectivity index (χ4n) is 2.38. The van der Waals surface area contributed by atoms with Crippen LogP contribution < -0.4 is 10.6 Å². The van der Waals surface area contributed by atoms with Crippen molar-refractivity contribution >= 4 is 58.2 Å². The van der Waals surface area contributed by atoms with Gasteiger partial charge in [0.15, 0.2) is 0 Å². The Kier molecular flexibility index (Phi) is 8.48. The van der Waals surface area contributed by atoms with Gasteiger partial charge in [0.05, 0.1) is 15.3 Å². The number of carbonyl (C=O) groups excluding carboxylic acids is 2. The van der Waals surface area contributed by atoms with E-state index < -0.39 is 0 Å². The lowest BCUT2D eigenvalue weighted by atomic mass is 10.2. The summed E-state index contributed by atoms with van der Waals surface area (Å²) in [6, 6.07) is 12.5. The van der Waals surface area contributed by atoms with Crippen LogP contribution in [0.15, 0.2) is 47.4 Å². The van der Waals surface area contributed by atoms with E-state index >= 15 is 0 Å². The Bertz CT molecular complexity index is 814. The molecular formula is C20H22Cl2N2O2S. The first-order valence-electron chi connectivity index (χ1n) is 8.75. The van der Waals surface area contributed by atoms with Gasteiger partial charge in [-0.05, 0) is 49.2 Å². The number of hydrogen-bond donors (Lipinski definition) is 2. The van der Waals surface area contributed by atoms with Crippen LogP contribution in [0.1, 0.15) is 33.1 Å². The monoisotopic (exact) mass is 424 g/mol. The van der Waals surface area contributed by atoms with Crippen LogP contribution in [-0.4, -0.2) is 17.1 Å². The summed E-state index contributed by atoms with van der Waals surface area (Å²) in [5, 5.41) is 6.31. The second-order valence-corrected chi connectivity index (χ2v) is 8.05. The van der Waals surface area contributed by atoms with Gasteiger partial charge in [-0.3, -0.25) is 9.59 Å². The Hall–Kier alpha value is -1.69. The lowest BCUT2D eigenvalue weighted by molar-refractivity contribution is -0.116. The van der Waals surface area contributed by atoms with E-state index in [9.17, 15) is 9.59 Å². The number of benzene rings is 2. The molecule has 0 heterocycles. The average molecular weight is 425 g/mol. The molecule has 0 radical (unpaired) electrons. The zero-order valence-corrected chi connectivity index (χ0v) is 17.5. The first-order valence-corrected chi connectivity index (χ1v) is 10.4. The van der Waals surface area contributed by atoms with Crippen molar-refractivity contribution in [1.82, 2.24) is 0 Å². The maximum Gasteiger partial charge on any atom is 0.237 e. The van der Waals surface area contributed by atoms with Crippen molar-refractivity contribution < 1.29 is 9.59 Å². The summed E-state index contributed by atoms with van der Waals surface area (Å²) in [6.45, 7) is 3.92. The van der Waals surface area contributed by atoms with Crippen molar-refractivity contribution in [1.29, 1.82) is 0 Å². The summed E-state index contributed by atoms with van der Waals surface area (Å²) >= 11 is 13.4. The summed E-state index contributed by atoms with van der Waals surface area (Å²) < 4.78 is 0. The van der Waals surface area contributed by atoms with Gasteiger partial charge in [0.1, 0.15) is 0 Å². The van der Waals surface area contributed by atoms with Crippen LogP contribution >= 0.6 is 35.0 Å². The average Bonchev–Trinajstić information content (AvgIpc) is 2.63. The van der Waals surface area contributed by atoms with Crippen LogP contribution in [0.25, 0.3) is 0 Å². The molecule has 2 amide bonds. The molecule has 2 aromatic carbocycles. The smallest absolute Gasteiger partial charge is 0.237 e. The molecule has 0 spiro atoms. The van der Waals surface area contributed by atoms with E-state index in [0.717, 1.165) is 17.0 Å². The van der Waals surface area contributed by atoms with Crippen molar-refractivity contribution in [2.75, 3.05) is 10.6 Å². The van der Waals surface area contributed by atoms with Crippen molar-refractivity contribution in [3.05, 3.63) is 52.5 Å². The Labute approximate surface area is 174 Å². The molecule has 0 saturated carbocycles. The van der Waals surface area contributed by atoms with E-state index in [0.29, 0.717) is 28.6 Å². The molecule has 27 heavy (non-hydrogen) atoms. The molecule has 0 aromatic heterocycles. The summed E-state index contributed by atoms with van der Waals surface area (Å²) in [7, 11) is 0. The molecule has 2 aromatic rings. The fraction of sp³-hybridized carbons (Fsp3) is 0.300. The normalized spacial score (nSPS) is 11.7. The van der Waals surface area contributed by atoms with Gasteiger partial charge < -0.3 is 10.6 Å². The van der Waals surface area contributed by atoms with Crippen LogP contribution in [0.3, 0.4) is 0 Å². The molecule has 1 atom stereocenters. The molecule has 2 N–H and O–H groups in total. The maximum atomic E-state index is 12.6. The molecule has 0 aliphatic heterocycles. The second-order valence-electron chi connectivity index (χ2n) is 5.96. The molecule has 0 bridgehead atoms. The highest BCUT2D eigenvalue weighted by Crippen LogP contribution is 2.30. The van der Waals surface area contributed by atoms with E-state index in [2.05, 4.69) is 10.6 Å². The van der Waals surface area contributed by atoms with E-state index in [4.69, 9.17) is 23.2 Å². The standard InChI is InChI=1S/C20H22Cl2N2O2S/c1-3-6-19(25)23-13-7-5-8-15(11-13)27-18(4-2)20(26)24-14-9-10-16(21)17(22)12-14/h5,7-12,18H,3-4,6H2,1-2H3,(H,23,25)(H,24,26). The number of hydrogen-bond acceptors (Lipinski definition) is 3. The maximum absolute atomic E-state index is 12.6. The largest absolute Gasteiger partial charge is 0.326 e. The molecule has 4 nitrogen and oxygen atoms in total. The van der Waals surface area contributed by atoms with Crippen LogP contribution in [0, 0.1) is 0 Å². The topological polar surface area (TPSA) is 58.2 Å². The van der Waals surface area contributed by atoms with Gasteiger partial charge in [0.25, 0.3) is 0 Å². The Balaban J connectivity index is 2.03. The third-order valence-electron chi connectivity index (χ3n) is 3.72. The minimum Gasteiger partial charge on any atom is -0.326 e. The Morgan fingerprint density at radius 1 is 1.00 bits per heavy atom. The van der Waals surface area contributed by atoms with Gasteiger partial charge >= 0.3 is 0 Å². The number of amides is 2. The van der Waals surface area contributed by atoms with E-state index in [1.165, 1.54) is 11.8 Å². The zero-order valence-electron chi connectivity index (χ0n) is 15.2. The van der Waals surface area contributed by atoms with Crippen molar-refractivity contribution in [3.63, 3.8) is 0 Å². The number of rotatable bonds is 8. The molecule has 0 saturated heterocycles. The summed E-state index contributed by atoms with van der Waals surface area (Å²) in [4.78, 5) is 25.3. The van der Waals surface area contributed by atoms with E-state index in [1.807, 2.05) is 38.1 Å². The summed E-state index contributed by atoms with van der Waals surface area (Å²) in [5.74, 6) is -0.120. The van der Waals surface area contributed by atoms with Gasteiger partial charge in [-0.1, -0.05) is 43.1 Å². The van der Waals surface area contributed by atoms with Gasteiger partial charge in [-0.2, -0.15) is 0 Å². The molecule has 2 rings (SSSR count). The third kappa shape index (κ3) is 6.76. The number of anilines is 2. The van der Waals surface area contributed by atoms with Crippen molar-refractivity contribution in [3.8, 4) is 0 Å².